The van der Waals surface area contributed by atoms with E-state index >= 15 is 0 Å². The van der Waals surface area contributed by atoms with Gasteiger partial charge >= 0.3 is 0 Å². The molecule has 4 rings (SSSR count). The van der Waals surface area contributed by atoms with E-state index in [1.54, 1.807) is 17.0 Å². The molecule has 26 heavy (non-hydrogen) atoms. The fourth-order valence-electron chi connectivity index (χ4n) is 3.13. The Balaban J connectivity index is 1.28. The first-order valence-electron chi connectivity index (χ1n) is 8.78. The number of hydrogen-bond donors (Lipinski definition) is 0. The Bertz CT molecular complexity index is 791. The fraction of sp³-hybridized carbons (Fsp3) is 0.529. The summed E-state index contributed by atoms with van der Waals surface area (Å²) in [5.74, 6) is 1.55. The molecule has 0 N–H and O–H groups in total. The molecule has 9 heteroatoms. The van der Waals surface area contributed by atoms with E-state index in [0.29, 0.717) is 43.7 Å². The van der Waals surface area contributed by atoms with Crippen LogP contribution >= 0.6 is 11.8 Å². The molecule has 2 fully saturated rings. The van der Waals surface area contributed by atoms with E-state index in [4.69, 9.17) is 4.42 Å². The standard InChI is InChI=1S/C17H21N5O3S/c1-12-18-19-17(22(12)13-4-5-13)26-11-15(23)20-6-8-21(9-7-20)16(24)14-3-2-10-25-14/h2-3,10,13H,4-9,11H2,1H3. The van der Waals surface area contributed by atoms with Crippen LogP contribution in [-0.2, 0) is 4.79 Å². The minimum absolute atomic E-state index is 0.0723. The average Bonchev–Trinajstić information content (AvgIpc) is 3.20. The summed E-state index contributed by atoms with van der Waals surface area (Å²) < 4.78 is 7.29. The van der Waals surface area contributed by atoms with Gasteiger partial charge in [0.2, 0.25) is 5.91 Å². The van der Waals surface area contributed by atoms with Crippen molar-refractivity contribution in [3.05, 3.63) is 30.0 Å². The molecule has 0 spiro atoms. The SMILES string of the molecule is Cc1nnc(SCC(=O)N2CCN(C(=O)c3ccco3)CC2)n1C1CC1. The third-order valence-electron chi connectivity index (χ3n) is 4.72. The molecule has 1 saturated heterocycles. The summed E-state index contributed by atoms with van der Waals surface area (Å²) in [5.41, 5.74) is 0. The lowest BCUT2D eigenvalue weighted by Gasteiger charge is -2.34. The fourth-order valence-corrected chi connectivity index (χ4v) is 4.09. The largest absolute Gasteiger partial charge is 0.459 e. The number of rotatable bonds is 5. The van der Waals surface area contributed by atoms with E-state index in [0.717, 1.165) is 23.8 Å². The summed E-state index contributed by atoms with van der Waals surface area (Å²) in [5, 5.41) is 9.16. The van der Waals surface area contributed by atoms with Gasteiger partial charge in [-0.05, 0) is 31.9 Å². The van der Waals surface area contributed by atoms with Gasteiger partial charge in [-0.3, -0.25) is 9.59 Å². The van der Waals surface area contributed by atoms with Gasteiger partial charge in [-0.15, -0.1) is 10.2 Å². The Hall–Kier alpha value is -2.29. The third kappa shape index (κ3) is 3.48. The number of furan rings is 1. The second kappa shape index (κ2) is 7.14. The van der Waals surface area contributed by atoms with Crippen LogP contribution < -0.4 is 0 Å². The number of aryl methyl sites for hydroxylation is 1. The van der Waals surface area contributed by atoms with Crippen LogP contribution in [0.2, 0.25) is 0 Å². The average molecular weight is 375 g/mol. The Labute approximate surface area is 155 Å². The van der Waals surface area contributed by atoms with Crippen molar-refractivity contribution in [1.29, 1.82) is 0 Å². The van der Waals surface area contributed by atoms with Crippen molar-refractivity contribution in [2.24, 2.45) is 0 Å². The molecule has 8 nitrogen and oxygen atoms in total. The predicted molar refractivity (Wildman–Crippen MR) is 94.9 cm³/mol. The van der Waals surface area contributed by atoms with Crippen molar-refractivity contribution in [1.82, 2.24) is 24.6 Å². The molecule has 0 aromatic carbocycles. The van der Waals surface area contributed by atoms with Crippen molar-refractivity contribution in [3.8, 4) is 0 Å². The Morgan fingerprint density at radius 1 is 1.19 bits per heavy atom. The Kier molecular flexibility index (Phi) is 4.71. The molecular formula is C17H21N5O3S. The Morgan fingerprint density at radius 3 is 2.58 bits per heavy atom. The molecule has 0 radical (unpaired) electrons. The van der Waals surface area contributed by atoms with Crippen molar-refractivity contribution in [3.63, 3.8) is 0 Å². The summed E-state index contributed by atoms with van der Waals surface area (Å²) >= 11 is 1.45. The van der Waals surface area contributed by atoms with Crippen LogP contribution in [0.25, 0.3) is 0 Å². The maximum atomic E-state index is 12.5. The second-order valence-corrected chi connectivity index (χ2v) is 7.51. The van der Waals surface area contributed by atoms with Gasteiger partial charge in [0.1, 0.15) is 5.82 Å². The molecule has 138 valence electrons. The highest BCUT2D eigenvalue weighted by Gasteiger charge is 2.30. The first kappa shape index (κ1) is 17.1. The topological polar surface area (TPSA) is 84.5 Å². The number of carbonyl (C=O) groups is 2. The van der Waals surface area contributed by atoms with Crippen molar-refractivity contribution >= 4 is 23.6 Å². The van der Waals surface area contributed by atoms with Gasteiger partial charge in [0, 0.05) is 32.2 Å². The van der Waals surface area contributed by atoms with Gasteiger partial charge in [-0.1, -0.05) is 11.8 Å². The second-order valence-electron chi connectivity index (χ2n) is 6.57. The molecular weight excluding hydrogens is 354 g/mol. The smallest absolute Gasteiger partial charge is 0.289 e. The molecule has 1 saturated carbocycles. The molecule has 2 aromatic rings. The number of aromatic nitrogens is 3. The van der Waals surface area contributed by atoms with Crippen LogP contribution in [-0.4, -0.2) is 68.3 Å². The van der Waals surface area contributed by atoms with E-state index in [-0.39, 0.29) is 11.8 Å². The highest BCUT2D eigenvalue weighted by molar-refractivity contribution is 7.99. The highest BCUT2D eigenvalue weighted by Crippen LogP contribution is 2.38. The lowest BCUT2D eigenvalue weighted by molar-refractivity contribution is -0.129. The lowest BCUT2D eigenvalue weighted by atomic mass is 10.3. The van der Waals surface area contributed by atoms with Gasteiger partial charge in [0.05, 0.1) is 12.0 Å². The number of hydrogen-bond acceptors (Lipinski definition) is 6. The maximum absolute atomic E-state index is 12.5. The van der Waals surface area contributed by atoms with Crippen LogP contribution in [0.3, 0.4) is 0 Å². The zero-order valence-electron chi connectivity index (χ0n) is 14.6. The first-order chi connectivity index (χ1) is 12.6. The van der Waals surface area contributed by atoms with E-state index in [2.05, 4.69) is 14.8 Å². The molecule has 1 aliphatic heterocycles. The normalized spacial score (nSPS) is 17.6. The summed E-state index contributed by atoms with van der Waals surface area (Å²) in [6.45, 7) is 4.08. The van der Waals surface area contributed by atoms with Crippen LogP contribution in [0.5, 0.6) is 0 Å². The quantitative estimate of drug-likeness (QED) is 0.738. The first-order valence-corrected chi connectivity index (χ1v) is 9.77. The molecule has 2 aromatic heterocycles. The monoisotopic (exact) mass is 375 g/mol. The van der Waals surface area contributed by atoms with Gasteiger partial charge in [0.15, 0.2) is 10.9 Å². The number of nitrogens with zero attached hydrogens (tertiary/aromatic N) is 5. The Morgan fingerprint density at radius 2 is 1.92 bits per heavy atom. The zero-order valence-corrected chi connectivity index (χ0v) is 15.4. The summed E-state index contributed by atoms with van der Waals surface area (Å²) in [7, 11) is 0. The summed E-state index contributed by atoms with van der Waals surface area (Å²) in [4.78, 5) is 28.3. The lowest BCUT2D eigenvalue weighted by Crippen LogP contribution is -2.51. The predicted octanol–water partition coefficient (Wildman–Crippen LogP) is 1.59. The van der Waals surface area contributed by atoms with Gasteiger partial charge < -0.3 is 18.8 Å². The van der Waals surface area contributed by atoms with E-state index < -0.39 is 0 Å². The number of amides is 2. The van der Waals surface area contributed by atoms with E-state index in [1.807, 2.05) is 11.8 Å². The third-order valence-corrected chi connectivity index (χ3v) is 5.65. The van der Waals surface area contributed by atoms with Crippen LogP contribution in [0.4, 0.5) is 0 Å². The van der Waals surface area contributed by atoms with Gasteiger partial charge in [-0.2, -0.15) is 0 Å². The highest BCUT2D eigenvalue weighted by atomic mass is 32.2. The van der Waals surface area contributed by atoms with Crippen LogP contribution in [0.1, 0.15) is 35.3 Å². The molecule has 2 aliphatic rings. The van der Waals surface area contributed by atoms with Crippen LogP contribution in [0.15, 0.2) is 28.0 Å². The van der Waals surface area contributed by atoms with E-state index in [1.165, 1.54) is 18.0 Å². The molecule has 0 bridgehead atoms. The van der Waals surface area contributed by atoms with Gasteiger partial charge in [-0.25, -0.2) is 0 Å². The van der Waals surface area contributed by atoms with Crippen molar-refractivity contribution in [2.45, 2.75) is 31.0 Å². The zero-order chi connectivity index (χ0) is 18.1. The molecule has 0 atom stereocenters. The molecule has 3 heterocycles. The minimum Gasteiger partial charge on any atom is -0.459 e. The molecule has 2 amide bonds. The number of piperazine rings is 1. The number of carbonyl (C=O) groups excluding carboxylic acids is 2. The molecule has 0 unspecified atom stereocenters. The summed E-state index contributed by atoms with van der Waals surface area (Å²) in [6, 6.07) is 3.86. The van der Waals surface area contributed by atoms with Crippen molar-refractivity contribution < 1.29 is 14.0 Å². The summed E-state index contributed by atoms with van der Waals surface area (Å²) in [6.07, 6.45) is 3.81. The number of thioether (sulfide) groups is 1. The minimum atomic E-state index is -0.121. The van der Waals surface area contributed by atoms with Gasteiger partial charge in [0.25, 0.3) is 5.91 Å². The van der Waals surface area contributed by atoms with Crippen LogP contribution in [0, 0.1) is 6.92 Å². The maximum Gasteiger partial charge on any atom is 0.289 e. The van der Waals surface area contributed by atoms with E-state index in [9.17, 15) is 9.59 Å². The molecule has 1 aliphatic carbocycles. The van der Waals surface area contributed by atoms with Crippen molar-refractivity contribution in [2.75, 3.05) is 31.9 Å².